The van der Waals surface area contributed by atoms with Crippen LogP contribution in [0.25, 0.3) is 0 Å². The predicted octanol–water partition coefficient (Wildman–Crippen LogP) is 0.859. The van der Waals surface area contributed by atoms with Crippen LogP contribution in [0.4, 0.5) is 0 Å². The highest BCUT2D eigenvalue weighted by Gasteiger charge is 2.21. The van der Waals surface area contributed by atoms with Crippen LogP contribution in [-0.4, -0.2) is 35.3 Å². The average Bonchev–Trinajstić information content (AvgIpc) is 2.99. The van der Waals surface area contributed by atoms with Crippen molar-refractivity contribution in [2.75, 3.05) is 26.9 Å². The first kappa shape index (κ1) is 16.2. The van der Waals surface area contributed by atoms with Gasteiger partial charge in [-0.15, -0.1) is 0 Å². The molecular formula is C14H22N2O4S. The molecule has 6 nitrogen and oxygen atoms in total. The molecule has 1 aromatic rings. The number of rotatable bonds is 7. The highest BCUT2D eigenvalue weighted by atomic mass is 32.2. The van der Waals surface area contributed by atoms with E-state index in [1.807, 2.05) is 0 Å². The molecule has 0 saturated carbocycles. The van der Waals surface area contributed by atoms with E-state index < -0.39 is 10.0 Å². The number of ether oxygens (including phenoxy) is 2. The second-order valence-electron chi connectivity index (χ2n) is 5.11. The summed E-state index contributed by atoms with van der Waals surface area (Å²) < 4.78 is 37.8. The molecule has 3 N–H and O–H groups in total. The average molecular weight is 314 g/mol. The van der Waals surface area contributed by atoms with Crippen LogP contribution in [0.3, 0.4) is 0 Å². The third-order valence-electron chi connectivity index (χ3n) is 3.62. The molecule has 0 spiro atoms. The van der Waals surface area contributed by atoms with Crippen molar-refractivity contribution < 1.29 is 17.9 Å². The molecule has 1 atom stereocenters. The molecule has 21 heavy (non-hydrogen) atoms. The summed E-state index contributed by atoms with van der Waals surface area (Å²) in [5, 5.41) is 0. The maximum atomic E-state index is 12.4. The summed E-state index contributed by atoms with van der Waals surface area (Å²) in [5.74, 6) is 0.758. The minimum Gasteiger partial charge on any atom is -0.495 e. The van der Waals surface area contributed by atoms with Crippen LogP contribution < -0.4 is 15.2 Å². The zero-order chi connectivity index (χ0) is 15.3. The largest absolute Gasteiger partial charge is 0.495 e. The fourth-order valence-electron chi connectivity index (χ4n) is 2.34. The molecule has 1 aromatic carbocycles. The Labute approximate surface area is 125 Å². The lowest BCUT2D eigenvalue weighted by atomic mass is 10.1. The van der Waals surface area contributed by atoms with Crippen molar-refractivity contribution in [2.45, 2.75) is 24.3 Å². The van der Waals surface area contributed by atoms with Crippen molar-refractivity contribution >= 4 is 10.0 Å². The zero-order valence-electron chi connectivity index (χ0n) is 12.2. The monoisotopic (exact) mass is 314 g/mol. The van der Waals surface area contributed by atoms with Gasteiger partial charge in [-0.3, -0.25) is 0 Å². The van der Waals surface area contributed by atoms with Gasteiger partial charge in [-0.05, 0) is 36.5 Å². The van der Waals surface area contributed by atoms with Crippen molar-refractivity contribution in [2.24, 2.45) is 11.7 Å². The van der Waals surface area contributed by atoms with Crippen LogP contribution >= 0.6 is 0 Å². The predicted molar refractivity (Wildman–Crippen MR) is 79.6 cm³/mol. The van der Waals surface area contributed by atoms with Crippen molar-refractivity contribution in [3.05, 3.63) is 23.8 Å². The summed E-state index contributed by atoms with van der Waals surface area (Å²) in [6.45, 7) is 2.16. The summed E-state index contributed by atoms with van der Waals surface area (Å²) in [7, 11) is -2.15. The number of methoxy groups -OCH3 is 1. The summed E-state index contributed by atoms with van der Waals surface area (Å²) in [5.41, 5.74) is 6.32. The molecule has 7 heteroatoms. The van der Waals surface area contributed by atoms with Crippen LogP contribution in [0.2, 0.25) is 0 Å². The molecular weight excluding hydrogens is 292 g/mol. The number of hydrogen-bond acceptors (Lipinski definition) is 5. The van der Waals surface area contributed by atoms with Crippen molar-refractivity contribution in [3.63, 3.8) is 0 Å². The number of nitrogens with one attached hydrogen (secondary N) is 1. The van der Waals surface area contributed by atoms with E-state index in [0.29, 0.717) is 24.8 Å². The molecule has 1 aliphatic heterocycles. The van der Waals surface area contributed by atoms with Gasteiger partial charge in [-0.25, -0.2) is 13.1 Å². The Morgan fingerprint density at radius 1 is 1.48 bits per heavy atom. The second-order valence-corrected chi connectivity index (χ2v) is 6.84. The minimum atomic E-state index is -3.60. The maximum Gasteiger partial charge on any atom is 0.244 e. The third-order valence-corrected chi connectivity index (χ3v) is 5.10. The summed E-state index contributed by atoms with van der Waals surface area (Å²) in [4.78, 5) is 0.135. The minimum absolute atomic E-state index is 0.135. The normalized spacial score (nSPS) is 18.9. The van der Waals surface area contributed by atoms with E-state index in [1.54, 1.807) is 18.2 Å². The quantitative estimate of drug-likeness (QED) is 0.779. The van der Waals surface area contributed by atoms with Gasteiger partial charge in [0.15, 0.2) is 0 Å². The fraction of sp³-hybridized carbons (Fsp3) is 0.571. The van der Waals surface area contributed by atoms with Crippen LogP contribution in [-0.2, 0) is 21.3 Å². The molecule has 2 rings (SSSR count). The van der Waals surface area contributed by atoms with Crippen molar-refractivity contribution in [1.82, 2.24) is 4.72 Å². The Morgan fingerprint density at radius 3 is 2.90 bits per heavy atom. The molecule has 1 fully saturated rings. The van der Waals surface area contributed by atoms with Crippen LogP contribution in [0.1, 0.15) is 18.4 Å². The maximum absolute atomic E-state index is 12.4. The summed E-state index contributed by atoms with van der Waals surface area (Å²) >= 11 is 0. The first-order chi connectivity index (χ1) is 10.1. The smallest absolute Gasteiger partial charge is 0.244 e. The van der Waals surface area contributed by atoms with Crippen LogP contribution in [0, 0.1) is 5.92 Å². The molecule has 0 amide bonds. The fourth-order valence-corrected chi connectivity index (χ4v) is 3.61. The van der Waals surface area contributed by atoms with Gasteiger partial charge in [0.05, 0.1) is 7.11 Å². The lowest BCUT2D eigenvalue weighted by Crippen LogP contribution is -2.27. The summed E-state index contributed by atoms with van der Waals surface area (Å²) in [6.07, 6.45) is 1.77. The third kappa shape index (κ3) is 4.16. The molecule has 0 aliphatic carbocycles. The van der Waals surface area contributed by atoms with Gasteiger partial charge < -0.3 is 15.2 Å². The van der Waals surface area contributed by atoms with E-state index >= 15 is 0 Å². The van der Waals surface area contributed by atoms with Crippen molar-refractivity contribution in [3.8, 4) is 5.75 Å². The van der Waals surface area contributed by atoms with E-state index in [9.17, 15) is 8.42 Å². The number of nitrogens with two attached hydrogens (primary N) is 1. The molecule has 1 aliphatic rings. The second kappa shape index (κ2) is 7.22. The van der Waals surface area contributed by atoms with E-state index in [-0.39, 0.29) is 11.4 Å². The molecule has 0 bridgehead atoms. The van der Waals surface area contributed by atoms with Crippen molar-refractivity contribution in [1.29, 1.82) is 0 Å². The molecule has 1 unspecified atom stereocenters. The first-order valence-electron chi connectivity index (χ1n) is 7.01. The van der Waals surface area contributed by atoms with Crippen LogP contribution in [0.5, 0.6) is 5.75 Å². The highest BCUT2D eigenvalue weighted by Crippen LogP contribution is 2.25. The standard InChI is InChI=1S/C14H22N2O4S/c1-19-13-3-2-12(9-15)8-14(13)21(17,18)16-6-4-11-5-7-20-10-11/h2-3,8,11,16H,4-7,9-10,15H2,1H3. The molecule has 0 aromatic heterocycles. The lowest BCUT2D eigenvalue weighted by Gasteiger charge is -2.13. The summed E-state index contributed by atoms with van der Waals surface area (Å²) in [6, 6.07) is 4.94. The van der Waals surface area contributed by atoms with Gasteiger partial charge in [0.2, 0.25) is 10.0 Å². The number of sulfonamides is 1. The number of hydrogen-bond donors (Lipinski definition) is 2. The molecule has 1 saturated heterocycles. The van der Waals surface area contributed by atoms with Gasteiger partial charge in [0, 0.05) is 26.3 Å². The Hall–Kier alpha value is -1.15. The Balaban J connectivity index is 2.06. The Bertz CT molecular complexity index is 568. The van der Waals surface area contributed by atoms with E-state index in [0.717, 1.165) is 25.0 Å². The van der Waals surface area contributed by atoms with E-state index in [1.165, 1.54) is 7.11 Å². The zero-order valence-corrected chi connectivity index (χ0v) is 13.0. The Kier molecular flexibility index (Phi) is 5.58. The van der Waals surface area contributed by atoms with Gasteiger partial charge in [0.1, 0.15) is 10.6 Å². The molecule has 118 valence electrons. The van der Waals surface area contributed by atoms with Gasteiger partial charge in [0.25, 0.3) is 0 Å². The van der Waals surface area contributed by atoms with Gasteiger partial charge in [-0.1, -0.05) is 6.07 Å². The van der Waals surface area contributed by atoms with E-state index in [4.69, 9.17) is 15.2 Å². The van der Waals surface area contributed by atoms with Gasteiger partial charge in [-0.2, -0.15) is 0 Å². The van der Waals surface area contributed by atoms with Crippen LogP contribution in [0.15, 0.2) is 23.1 Å². The SMILES string of the molecule is COc1ccc(CN)cc1S(=O)(=O)NCCC1CCOC1. The Morgan fingerprint density at radius 2 is 2.29 bits per heavy atom. The highest BCUT2D eigenvalue weighted by molar-refractivity contribution is 7.89. The van der Waals surface area contributed by atoms with Gasteiger partial charge >= 0.3 is 0 Å². The topological polar surface area (TPSA) is 90.7 Å². The lowest BCUT2D eigenvalue weighted by molar-refractivity contribution is 0.184. The van der Waals surface area contributed by atoms with E-state index in [2.05, 4.69) is 4.72 Å². The first-order valence-corrected chi connectivity index (χ1v) is 8.49. The molecule has 1 heterocycles. The number of benzene rings is 1. The molecule has 0 radical (unpaired) electrons.